The Morgan fingerprint density at radius 1 is 0.875 bits per heavy atom. The third-order valence-corrected chi connectivity index (χ3v) is 4.67. The van der Waals surface area contributed by atoms with Crippen LogP contribution in [0.15, 0.2) is 24.3 Å². The molecule has 0 fully saturated rings. The predicted molar refractivity (Wildman–Crippen MR) is 42.8 cm³/mol. The average molecular weight is 230 g/mol. The van der Waals surface area contributed by atoms with Gasteiger partial charge in [-0.15, -0.1) is 0 Å². The normalized spacial score (nSPS) is 9.25. The average Bonchev–Trinajstić information content (AvgIpc) is 1.77. The number of rotatable bonds is 0. The van der Waals surface area contributed by atoms with Gasteiger partial charge in [-0.2, -0.15) is 0 Å². The fourth-order valence-electron chi connectivity index (χ4n) is 0.511. The molecule has 42 valence electrons. The van der Waals surface area contributed by atoms with Crippen LogP contribution in [0.1, 0.15) is 0 Å². The van der Waals surface area contributed by atoms with E-state index < -0.39 is 0 Å². The number of hydrogen-bond donors (Lipinski definition) is 0. The van der Waals surface area contributed by atoms with Crippen molar-refractivity contribution in [1.82, 2.24) is 0 Å². The van der Waals surface area contributed by atoms with Gasteiger partial charge in [0.15, 0.2) is 0 Å². The van der Waals surface area contributed by atoms with Crippen molar-refractivity contribution in [2.24, 2.45) is 0 Å². The zero-order valence-electron chi connectivity index (χ0n) is 4.46. The van der Waals surface area contributed by atoms with Crippen molar-refractivity contribution >= 4 is 42.4 Å². The Kier molecular flexibility index (Phi) is 2.23. The summed E-state index contributed by atoms with van der Waals surface area (Å²) in [5, 5.41) is 0. The van der Waals surface area contributed by atoms with Crippen LogP contribution in [0.5, 0.6) is 0 Å². The predicted octanol–water partition coefficient (Wildman–Crippen LogP) is -1.80. The van der Waals surface area contributed by atoms with Gasteiger partial charge in [0.1, 0.15) is 0 Å². The van der Waals surface area contributed by atoms with E-state index in [0.29, 0.717) is 0 Å². The van der Waals surface area contributed by atoms with Crippen molar-refractivity contribution in [3.8, 4) is 0 Å². The van der Waals surface area contributed by atoms with Crippen molar-refractivity contribution in [2.45, 2.75) is 0 Å². The molecule has 0 aromatic heterocycles. The molecule has 0 radical (unpaired) electrons. The summed E-state index contributed by atoms with van der Waals surface area (Å²) < 4.78 is 2.92. The molecule has 0 amide bonds. The second-order valence-corrected chi connectivity index (χ2v) is 4.24. The molecule has 8 heavy (non-hydrogen) atoms. The Morgan fingerprint density at radius 3 is 1.50 bits per heavy atom. The Morgan fingerprint density at radius 2 is 1.25 bits per heavy atom. The third kappa shape index (κ3) is 1.40. The van der Waals surface area contributed by atoms with Gasteiger partial charge in [-0.25, -0.2) is 0 Å². The Bertz CT molecular complexity index is 163. The van der Waals surface area contributed by atoms with Crippen molar-refractivity contribution in [1.29, 1.82) is 0 Å². The maximum absolute atomic E-state index is 2.16. The van der Waals surface area contributed by atoms with E-state index in [9.17, 15) is 0 Å². The maximum atomic E-state index is 2.16. The molecule has 1 aromatic carbocycles. The molecule has 0 aliphatic heterocycles. The fourth-order valence-corrected chi connectivity index (χ4v) is 1.38. The van der Waals surface area contributed by atoms with E-state index >= 15 is 0 Å². The topological polar surface area (TPSA) is 0 Å². The van der Waals surface area contributed by atoms with E-state index in [1.807, 2.05) is 0 Å². The van der Waals surface area contributed by atoms with Gasteiger partial charge >= 0.3 is 66.7 Å². The molecule has 0 heterocycles. The standard InChI is InChI=1S/C6H8As2/c7-5-3-1-2-4-6(5)8/h1-4H,7-8H2. The Hall–Kier alpha value is 0.337. The first-order valence-electron chi connectivity index (χ1n) is 2.40. The van der Waals surface area contributed by atoms with Gasteiger partial charge in [0.2, 0.25) is 0 Å². The molecule has 2 atom stereocenters. The van der Waals surface area contributed by atoms with Crippen molar-refractivity contribution in [3.63, 3.8) is 0 Å². The minimum atomic E-state index is 1.46. The van der Waals surface area contributed by atoms with E-state index in [0.717, 1.165) is 0 Å². The fraction of sp³-hybridized carbons (Fsp3) is 0. The van der Waals surface area contributed by atoms with E-state index in [4.69, 9.17) is 0 Å². The van der Waals surface area contributed by atoms with Crippen molar-refractivity contribution in [3.05, 3.63) is 24.3 Å². The van der Waals surface area contributed by atoms with Crippen LogP contribution in [0.3, 0.4) is 0 Å². The summed E-state index contributed by atoms with van der Waals surface area (Å²) in [5.74, 6) is 0. The molecular formula is C6H8As2. The van der Waals surface area contributed by atoms with Gasteiger partial charge in [0.25, 0.3) is 0 Å². The van der Waals surface area contributed by atoms with Crippen LogP contribution in [0.2, 0.25) is 0 Å². The molecule has 1 aromatic rings. The van der Waals surface area contributed by atoms with Crippen LogP contribution in [-0.2, 0) is 0 Å². The summed E-state index contributed by atoms with van der Waals surface area (Å²) in [7, 11) is 0. The first-order valence-corrected chi connectivity index (χ1v) is 4.83. The van der Waals surface area contributed by atoms with E-state index in [-0.39, 0.29) is 0 Å². The van der Waals surface area contributed by atoms with Crippen molar-refractivity contribution < 1.29 is 0 Å². The quantitative estimate of drug-likeness (QED) is 0.461. The first kappa shape index (κ1) is 6.46. The van der Waals surface area contributed by atoms with Crippen LogP contribution >= 0.6 is 0 Å². The van der Waals surface area contributed by atoms with Crippen LogP contribution in [-0.4, -0.2) is 33.7 Å². The van der Waals surface area contributed by atoms with E-state index in [1.165, 1.54) is 8.70 Å². The molecular weight excluding hydrogens is 222 g/mol. The molecule has 2 heteroatoms. The molecule has 0 aliphatic carbocycles. The van der Waals surface area contributed by atoms with Crippen LogP contribution < -0.4 is 8.70 Å². The van der Waals surface area contributed by atoms with Crippen LogP contribution in [0.4, 0.5) is 0 Å². The number of hydrogen-bond acceptors (Lipinski definition) is 0. The second-order valence-electron chi connectivity index (χ2n) is 1.63. The Balaban J connectivity index is 3.13. The van der Waals surface area contributed by atoms with Crippen LogP contribution in [0, 0.1) is 0 Å². The zero-order valence-corrected chi connectivity index (χ0v) is 9.31. The molecule has 0 N–H and O–H groups in total. The SMILES string of the molecule is [AsH2]c1ccccc1[AsH2]. The molecule has 0 saturated heterocycles. The summed E-state index contributed by atoms with van der Waals surface area (Å²) in [4.78, 5) is 0. The van der Waals surface area contributed by atoms with Crippen LogP contribution in [0.25, 0.3) is 0 Å². The minimum absolute atomic E-state index is 1.46. The van der Waals surface area contributed by atoms with Crippen molar-refractivity contribution in [2.75, 3.05) is 0 Å². The summed E-state index contributed by atoms with van der Waals surface area (Å²) >= 11 is 3.42. The molecule has 0 aliphatic rings. The molecule has 1 rings (SSSR count). The van der Waals surface area contributed by atoms with Gasteiger partial charge < -0.3 is 0 Å². The van der Waals surface area contributed by atoms with Gasteiger partial charge in [0, 0.05) is 0 Å². The van der Waals surface area contributed by atoms with E-state index in [1.54, 1.807) is 33.7 Å². The van der Waals surface area contributed by atoms with Gasteiger partial charge in [0.05, 0.1) is 0 Å². The molecule has 0 saturated carbocycles. The monoisotopic (exact) mass is 230 g/mol. The van der Waals surface area contributed by atoms with Gasteiger partial charge in [-0.3, -0.25) is 0 Å². The molecule has 0 bridgehead atoms. The van der Waals surface area contributed by atoms with Gasteiger partial charge in [-0.05, 0) is 0 Å². The molecule has 0 spiro atoms. The summed E-state index contributed by atoms with van der Waals surface area (Å²) in [6.45, 7) is 0. The Labute approximate surface area is 66.7 Å². The summed E-state index contributed by atoms with van der Waals surface area (Å²) in [6, 6.07) is 8.49. The summed E-state index contributed by atoms with van der Waals surface area (Å²) in [5.41, 5.74) is 0. The molecule has 0 nitrogen and oxygen atoms in total. The summed E-state index contributed by atoms with van der Waals surface area (Å²) in [6.07, 6.45) is 0. The number of benzene rings is 1. The third-order valence-electron chi connectivity index (χ3n) is 0.996. The first-order chi connectivity index (χ1) is 3.80. The van der Waals surface area contributed by atoms with Gasteiger partial charge in [-0.1, -0.05) is 0 Å². The van der Waals surface area contributed by atoms with E-state index in [2.05, 4.69) is 24.3 Å². The zero-order chi connectivity index (χ0) is 5.98. The second kappa shape index (κ2) is 2.76. The molecule has 2 unspecified atom stereocenters.